The quantitative estimate of drug-likeness (QED) is 0.695. The van der Waals surface area contributed by atoms with Gasteiger partial charge in [-0.05, 0) is 60.7 Å². The first-order valence-electron chi connectivity index (χ1n) is 9.70. The lowest BCUT2D eigenvalue weighted by Gasteiger charge is -2.26. The highest BCUT2D eigenvalue weighted by Crippen LogP contribution is 2.32. The summed E-state index contributed by atoms with van der Waals surface area (Å²) < 4.78 is 7.57. The molecule has 2 aliphatic rings. The van der Waals surface area contributed by atoms with Crippen LogP contribution in [0.15, 0.2) is 24.3 Å². The highest BCUT2D eigenvalue weighted by molar-refractivity contribution is 5.84. The number of fused-ring (bicyclic) bond motifs is 3. The average molecular weight is 365 g/mol. The second-order valence-electron chi connectivity index (χ2n) is 7.77. The molecule has 5 rings (SSSR count). The molecule has 1 saturated carbocycles. The number of benzene rings is 1. The third kappa shape index (κ3) is 3.16. The van der Waals surface area contributed by atoms with E-state index in [-0.39, 0.29) is 17.9 Å². The molecule has 27 heavy (non-hydrogen) atoms. The predicted molar refractivity (Wildman–Crippen MR) is 100 cm³/mol. The summed E-state index contributed by atoms with van der Waals surface area (Å²) in [6.07, 6.45) is 4.24. The Kier molecular flexibility index (Phi) is 4.04. The van der Waals surface area contributed by atoms with Crippen molar-refractivity contribution in [2.45, 2.75) is 45.3 Å². The van der Waals surface area contributed by atoms with Crippen LogP contribution < -0.4 is 0 Å². The highest BCUT2D eigenvalue weighted by Gasteiger charge is 2.35. The maximum atomic E-state index is 12.9. The molecule has 3 heterocycles. The van der Waals surface area contributed by atoms with Gasteiger partial charge in [0.25, 0.3) is 0 Å². The molecule has 1 atom stereocenters. The summed E-state index contributed by atoms with van der Waals surface area (Å²) in [7, 11) is 0. The molecule has 2 fully saturated rings. The Morgan fingerprint density at radius 3 is 2.96 bits per heavy atom. The number of hydrogen-bond donors (Lipinski definition) is 0. The van der Waals surface area contributed by atoms with Crippen LogP contribution in [0.4, 0.5) is 0 Å². The van der Waals surface area contributed by atoms with Crippen molar-refractivity contribution in [3.63, 3.8) is 0 Å². The van der Waals surface area contributed by atoms with Crippen LogP contribution in [0.25, 0.3) is 16.6 Å². The summed E-state index contributed by atoms with van der Waals surface area (Å²) in [4.78, 5) is 14.8. The van der Waals surface area contributed by atoms with Crippen LogP contribution in [-0.2, 0) is 16.1 Å². The van der Waals surface area contributed by atoms with Gasteiger partial charge in [0.05, 0.1) is 11.6 Å². The van der Waals surface area contributed by atoms with E-state index in [0.717, 1.165) is 54.3 Å². The van der Waals surface area contributed by atoms with Crippen LogP contribution in [0, 0.1) is 12.8 Å². The average Bonchev–Trinajstić information content (AvgIpc) is 3.16. The van der Waals surface area contributed by atoms with Crippen LogP contribution in [0.3, 0.4) is 0 Å². The first-order chi connectivity index (χ1) is 13.2. The van der Waals surface area contributed by atoms with Gasteiger partial charge in [-0.3, -0.25) is 4.79 Å². The smallest absolute Gasteiger partial charge is 0.226 e. The molecule has 0 unspecified atom stereocenters. The van der Waals surface area contributed by atoms with Crippen LogP contribution in [0.1, 0.15) is 36.8 Å². The molecule has 0 bridgehead atoms. The Morgan fingerprint density at radius 2 is 2.19 bits per heavy atom. The number of tetrazole rings is 1. The van der Waals surface area contributed by atoms with Gasteiger partial charge in [-0.1, -0.05) is 12.1 Å². The molecule has 1 amide bonds. The molecule has 0 N–H and O–H groups in total. The second-order valence-corrected chi connectivity index (χ2v) is 7.77. The molecule has 1 aliphatic heterocycles. The van der Waals surface area contributed by atoms with Gasteiger partial charge in [-0.2, -0.15) is 4.52 Å². The van der Waals surface area contributed by atoms with Gasteiger partial charge >= 0.3 is 0 Å². The van der Waals surface area contributed by atoms with Gasteiger partial charge in [-0.15, -0.1) is 5.10 Å². The molecule has 7 heteroatoms. The summed E-state index contributed by atoms with van der Waals surface area (Å²) in [5, 5.41) is 13.4. The first kappa shape index (κ1) is 16.6. The van der Waals surface area contributed by atoms with Crippen LogP contribution >= 0.6 is 0 Å². The van der Waals surface area contributed by atoms with Gasteiger partial charge in [0.15, 0.2) is 5.65 Å². The van der Waals surface area contributed by atoms with Gasteiger partial charge in [0.2, 0.25) is 5.91 Å². The highest BCUT2D eigenvalue weighted by atomic mass is 16.5. The molecule has 0 radical (unpaired) electrons. The standard InChI is InChI=1S/C20H23N5O2/c1-13-4-5-15-10-16(19-21-22-23-25(19)18(15)9-13)11-24(20(26)14-6-7-14)12-17-3-2-8-27-17/h4-5,9-10,14,17H,2-3,6-8,11-12H2,1H3/t17-/m1/s1. The molecule has 7 nitrogen and oxygen atoms in total. The molecule has 1 aliphatic carbocycles. The Bertz CT molecular complexity index is 1000. The minimum atomic E-state index is 0.142. The maximum Gasteiger partial charge on any atom is 0.226 e. The molecular weight excluding hydrogens is 342 g/mol. The van der Waals surface area contributed by atoms with Gasteiger partial charge in [-0.25, -0.2) is 0 Å². The Labute approximate surface area is 157 Å². The summed E-state index contributed by atoms with van der Waals surface area (Å²) in [5.41, 5.74) is 3.84. The van der Waals surface area contributed by atoms with Gasteiger partial charge in [0.1, 0.15) is 0 Å². The van der Waals surface area contributed by atoms with Crippen molar-refractivity contribution < 1.29 is 9.53 Å². The molecule has 1 aromatic carbocycles. The molecule has 2 aromatic heterocycles. The zero-order valence-electron chi connectivity index (χ0n) is 15.5. The van der Waals surface area contributed by atoms with Gasteiger partial charge < -0.3 is 9.64 Å². The minimum Gasteiger partial charge on any atom is -0.376 e. The SMILES string of the molecule is Cc1ccc2cc(CN(C[C@H]3CCCO3)C(=O)C3CC3)c3nnnn3c2c1. The number of carbonyl (C=O) groups excluding carboxylic acids is 1. The van der Waals surface area contributed by atoms with Crippen molar-refractivity contribution in [1.29, 1.82) is 0 Å². The number of aromatic nitrogens is 4. The third-order valence-corrected chi connectivity index (χ3v) is 5.55. The molecule has 1 saturated heterocycles. The molecule has 3 aromatic rings. The van der Waals surface area contributed by atoms with E-state index >= 15 is 0 Å². The monoisotopic (exact) mass is 365 g/mol. The summed E-state index contributed by atoms with van der Waals surface area (Å²) in [6, 6.07) is 8.37. The van der Waals surface area contributed by atoms with Crippen molar-refractivity contribution in [2.75, 3.05) is 13.2 Å². The minimum absolute atomic E-state index is 0.142. The topological polar surface area (TPSA) is 72.6 Å². The van der Waals surface area contributed by atoms with Crippen LogP contribution in [0.2, 0.25) is 0 Å². The van der Waals surface area contributed by atoms with Crippen molar-refractivity contribution in [1.82, 2.24) is 24.9 Å². The van der Waals surface area contributed by atoms with Crippen molar-refractivity contribution >= 4 is 22.5 Å². The number of rotatable bonds is 5. The van der Waals surface area contributed by atoms with E-state index in [0.29, 0.717) is 18.7 Å². The van der Waals surface area contributed by atoms with Crippen LogP contribution in [0.5, 0.6) is 0 Å². The third-order valence-electron chi connectivity index (χ3n) is 5.55. The van der Waals surface area contributed by atoms with Gasteiger partial charge in [0, 0.05) is 36.6 Å². The van der Waals surface area contributed by atoms with E-state index in [9.17, 15) is 4.79 Å². The Morgan fingerprint density at radius 1 is 1.30 bits per heavy atom. The number of hydrogen-bond acceptors (Lipinski definition) is 5. The van der Waals surface area contributed by atoms with E-state index in [1.165, 1.54) is 0 Å². The second kappa shape index (κ2) is 6.56. The van der Waals surface area contributed by atoms with Crippen molar-refractivity contribution in [3.05, 3.63) is 35.4 Å². The van der Waals surface area contributed by atoms with E-state index < -0.39 is 0 Å². The number of nitrogens with zero attached hydrogens (tertiary/aromatic N) is 5. The number of carbonyl (C=O) groups is 1. The maximum absolute atomic E-state index is 12.9. The summed E-state index contributed by atoms with van der Waals surface area (Å²) in [5.74, 6) is 0.418. The largest absolute Gasteiger partial charge is 0.376 e. The fourth-order valence-corrected chi connectivity index (χ4v) is 3.94. The van der Waals surface area contributed by atoms with Crippen molar-refractivity contribution in [3.8, 4) is 0 Å². The summed E-state index contributed by atoms with van der Waals surface area (Å²) >= 11 is 0. The first-order valence-corrected chi connectivity index (χ1v) is 9.70. The van der Waals surface area contributed by atoms with E-state index in [2.05, 4.69) is 46.7 Å². The summed E-state index contributed by atoms with van der Waals surface area (Å²) in [6.45, 7) is 4.02. The lowest BCUT2D eigenvalue weighted by molar-refractivity contribution is -0.134. The number of pyridine rings is 1. The molecule has 140 valence electrons. The van der Waals surface area contributed by atoms with E-state index in [1.54, 1.807) is 4.52 Å². The zero-order chi connectivity index (χ0) is 18.4. The zero-order valence-corrected chi connectivity index (χ0v) is 15.5. The van der Waals surface area contributed by atoms with E-state index in [1.807, 2.05) is 4.90 Å². The lowest BCUT2D eigenvalue weighted by atomic mass is 10.1. The fraction of sp³-hybridized carbons (Fsp3) is 0.500. The normalized spacial score (nSPS) is 19.8. The fourth-order valence-electron chi connectivity index (χ4n) is 3.94. The Hall–Kier alpha value is -2.54. The van der Waals surface area contributed by atoms with Crippen molar-refractivity contribution in [2.24, 2.45) is 5.92 Å². The van der Waals surface area contributed by atoms with Crippen LogP contribution in [-0.4, -0.2) is 50.1 Å². The molecule has 0 spiro atoms. The Balaban J connectivity index is 1.52. The van der Waals surface area contributed by atoms with E-state index in [4.69, 9.17) is 4.74 Å². The molecular formula is C20H23N5O2. The number of aryl methyl sites for hydroxylation is 1. The number of amides is 1. The lowest BCUT2D eigenvalue weighted by Crippen LogP contribution is -2.38. The predicted octanol–water partition coefficient (Wildman–Crippen LogP) is 2.50. The number of ether oxygens (including phenoxy) is 1.